The zero-order chi connectivity index (χ0) is 34.6. The number of anilines is 2. The summed E-state index contributed by atoms with van der Waals surface area (Å²) in [5, 5.41) is 16.0. The molecule has 48 heavy (non-hydrogen) atoms. The largest absolute Gasteiger partial charge is 0.497 e. The van der Waals surface area contributed by atoms with E-state index in [9.17, 15) is 19.5 Å². The van der Waals surface area contributed by atoms with Gasteiger partial charge in [0.05, 0.1) is 37.5 Å². The molecular weight excluding hydrogens is 612 g/mol. The Morgan fingerprint density at radius 1 is 1.02 bits per heavy atom. The Kier molecular flexibility index (Phi) is 13.2. The van der Waals surface area contributed by atoms with Gasteiger partial charge in [0.1, 0.15) is 11.5 Å². The number of methoxy groups -OCH3 is 1. The number of urea groups is 1. The van der Waals surface area contributed by atoms with Crippen LogP contribution in [0.1, 0.15) is 60.7 Å². The highest BCUT2D eigenvalue weighted by Gasteiger charge is 2.31. The summed E-state index contributed by atoms with van der Waals surface area (Å²) in [7, 11) is 3.29. The lowest BCUT2D eigenvalue weighted by Crippen LogP contribution is -2.48. The van der Waals surface area contributed by atoms with E-state index in [0.717, 1.165) is 19.3 Å². The molecule has 3 N–H and O–H groups in total. The van der Waals surface area contributed by atoms with Gasteiger partial charge in [-0.25, -0.2) is 4.79 Å². The molecule has 0 spiro atoms. The summed E-state index contributed by atoms with van der Waals surface area (Å²) in [5.41, 5.74) is 1.86. The van der Waals surface area contributed by atoms with E-state index in [1.165, 1.54) is 0 Å². The number of carbonyl (C=O) groups is 3. The fourth-order valence-corrected chi connectivity index (χ4v) is 5.50. The maximum absolute atomic E-state index is 14.4. The van der Waals surface area contributed by atoms with Crippen LogP contribution in [0, 0.1) is 5.92 Å². The standard InChI is InChI=1S/C37H48N4O7/c1-25-22-41(26(2)24-42)36(44)32-21-30(38-35(43)28-12-7-6-8-13-28)16-19-33(32)48-27(3)11-9-10-20-47-34(25)23-40(4)37(45)39-29-14-17-31(46-5)18-15-29/h6-8,12-19,21,25-27,34,42H,9-11,20,22-24H2,1-5H3,(H,38,43)(H,39,45)/t25-,26+,27-,34+/m1/s1. The molecule has 0 bridgehead atoms. The predicted molar refractivity (Wildman–Crippen MR) is 186 cm³/mol. The number of ether oxygens (including phenoxy) is 3. The molecule has 258 valence electrons. The van der Waals surface area contributed by atoms with E-state index in [-0.39, 0.29) is 55.1 Å². The van der Waals surface area contributed by atoms with Gasteiger partial charge in [-0.1, -0.05) is 25.1 Å². The van der Waals surface area contributed by atoms with Crippen LogP contribution in [0.4, 0.5) is 16.2 Å². The number of hydrogen-bond donors (Lipinski definition) is 3. The van der Waals surface area contributed by atoms with Crippen LogP contribution in [0.3, 0.4) is 0 Å². The molecule has 0 saturated carbocycles. The number of carbonyl (C=O) groups excluding carboxylic acids is 3. The minimum Gasteiger partial charge on any atom is -0.497 e. The number of nitrogens with zero attached hydrogens (tertiary/aromatic N) is 2. The zero-order valence-corrected chi connectivity index (χ0v) is 28.5. The second-order valence-electron chi connectivity index (χ2n) is 12.4. The molecule has 11 heteroatoms. The minimum atomic E-state index is -0.530. The number of aliphatic hydroxyl groups excluding tert-OH is 1. The van der Waals surface area contributed by atoms with Crippen molar-refractivity contribution in [3.05, 3.63) is 83.9 Å². The molecule has 3 aromatic carbocycles. The fourth-order valence-electron chi connectivity index (χ4n) is 5.50. The Hall–Kier alpha value is -4.61. The molecule has 1 aliphatic heterocycles. The van der Waals surface area contributed by atoms with Crippen LogP contribution in [0.15, 0.2) is 72.8 Å². The van der Waals surface area contributed by atoms with E-state index in [4.69, 9.17) is 14.2 Å². The Morgan fingerprint density at radius 2 is 1.73 bits per heavy atom. The summed E-state index contributed by atoms with van der Waals surface area (Å²) in [6.07, 6.45) is 1.80. The van der Waals surface area contributed by atoms with Crippen LogP contribution < -0.4 is 20.1 Å². The summed E-state index contributed by atoms with van der Waals surface area (Å²) in [4.78, 5) is 43.6. The number of benzene rings is 3. The first-order valence-corrected chi connectivity index (χ1v) is 16.5. The van der Waals surface area contributed by atoms with Gasteiger partial charge in [-0.3, -0.25) is 9.59 Å². The molecule has 1 aliphatic rings. The van der Waals surface area contributed by atoms with Crippen LogP contribution in [0.5, 0.6) is 11.5 Å². The fraction of sp³-hybridized carbons (Fsp3) is 0.432. The SMILES string of the molecule is COc1ccc(NC(=O)N(C)C[C@@H]2OCCCC[C@@H](C)Oc3ccc(NC(=O)c4ccccc4)cc3C(=O)N([C@@H](C)CO)C[C@H]2C)cc1. The van der Waals surface area contributed by atoms with Crippen molar-refractivity contribution in [3.8, 4) is 11.5 Å². The van der Waals surface area contributed by atoms with Crippen molar-refractivity contribution in [3.63, 3.8) is 0 Å². The summed E-state index contributed by atoms with van der Waals surface area (Å²) in [6.45, 7) is 6.47. The summed E-state index contributed by atoms with van der Waals surface area (Å²) in [6, 6.07) is 20.2. The number of aliphatic hydroxyl groups is 1. The molecule has 0 saturated heterocycles. The smallest absolute Gasteiger partial charge is 0.321 e. The van der Waals surface area contributed by atoms with Gasteiger partial charge in [0.15, 0.2) is 0 Å². The molecule has 0 fully saturated rings. The maximum Gasteiger partial charge on any atom is 0.321 e. The summed E-state index contributed by atoms with van der Waals surface area (Å²) < 4.78 is 17.9. The van der Waals surface area contributed by atoms with E-state index in [2.05, 4.69) is 10.6 Å². The number of hydrogen-bond acceptors (Lipinski definition) is 7. The van der Waals surface area contributed by atoms with Gasteiger partial charge in [0.2, 0.25) is 0 Å². The highest BCUT2D eigenvalue weighted by Crippen LogP contribution is 2.29. The normalized spacial score (nSPS) is 19.6. The van der Waals surface area contributed by atoms with Crippen molar-refractivity contribution in [2.45, 2.75) is 58.3 Å². The molecule has 4 atom stereocenters. The molecule has 4 amide bonds. The van der Waals surface area contributed by atoms with Gasteiger partial charge in [-0.05, 0) is 87.7 Å². The van der Waals surface area contributed by atoms with E-state index < -0.39 is 12.1 Å². The van der Waals surface area contributed by atoms with Crippen LogP contribution >= 0.6 is 0 Å². The Labute approximate surface area is 283 Å². The van der Waals surface area contributed by atoms with Crippen molar-refractivity contribution in [1.29, 1.82) is 0 Å². The third-order valence-corrected chi connectivity index (χ3v) is 8.49. The first kappa shape index (κ1) is 36.2. The van der Waals surface area contributed by atoms with Crippen LogP contribution in [-0.2, 0) is 4.74 Å². The molecule has 0 unspecified atom stereocenters. The van der Waals surface area contributed by atoms with E-state index in [1.54, 1.807) is 97.6 Å². The van der Waals surface area contributed by atoms with E-state index >= 15 is 0 Å². The lowest BCUT2D eigenvalue weighted by molar-refractivity contribution is -0.0115. The molecule has 3 aromatic rings. The quantitative estimate of drug-likeness (QED) is 0.274. The average molecular weight is 661 g/mol. The number of nitrogens with one attached hydrogen (secondary N) is 2. The molecule has 1 heterocycles. The zero-order valence-electron chi connectivity index (χ0n) is 28.5. The molecule has 0 aliphatic carbocycles. The third-order valence-electron chi connectivity index (χ3n) is 8.49. The number of rotatable bonds is 8. The van der Waals surface area contributed by atoms with Gasteiger partial charge in [0.25, 0.3) is 11.8 Å². The lowest BCUT2D eigenvalue weighted by Gasteiger charge is -2.35. The molecular formula is C37H48N4O7. The number of likely N-dealkylation sites (N-methyl/N-ethyl adjacent to an activating group) is 1. The van der Waals surface area contributed by atoms with Gasteiger partial charge >= 0.3 is 6.03 Å². The van der Waals surface area contributed by atoms with Crippen LogP contribution in [0.2, 0.25) is 0 Å². The second-order valence-corrected chi connectivity index (χ2v) is 12.4. The molecule has 0 radical (unpaired) electrons. The summed E-state index contributed by atoms with van der Waals surface area (Å²) >= 11 is 0. The monoisotopic (exact) mass is 660 g/mol. The van der Waals surface area contributed by atoms with Gasteiger partial charge in [-0.15, -0.1) is 0 Å². The predicted octanol–water partition coefficient (Wildman–Crippen LogP) is 5.91. The Morgan fingerprint density at radius 3 is 2.42 bits per heavy atom. The number of fused-ring (bicyclic) bond motifs is 1. The average Bonchev–Trinajstić information content (AvgIpc) is 3.10. The van der Waals surface area contributed by atoms with Crippen LogP contribution in [0.25, 0.3) is 0 Å². The number of amides is 4. The van der Waals surface area contributed by atoms with Crippen molar-refractivity contribution in [2.24, 2.45) is 5.92 Å². The van der Waals surface area contributed by atoms with Crippen LogP contribution in [-0.4, -0.2) is 91.5 Å². The summed E-state index contributed by atoms with van der Waals surface area (Å²) in [5.74, 6) is 0.241. The highest BCUT2D eigenvalue weighted by atomic mass is 16.5. The Balaban J connectivity index is 1.58. The highest BCUT2D eigenvalue weighted by molar-refractivity contribution is 6.05. The minimum absolute atomic E-state index is 0.185. The first-order valence-electron chi connectivity index (χ1n) is 16.5. The molecule has 11 nitrogen and oxygen atoms in total. The maximum atomic E-state index is 14.4. The van der Waals surface area contributed by atoms with E-state index in [1.807, 2.05) is 19.9 Å². The van der Waals surface area contributed by atoms with Crippen molar-refractivity contribution in [2.75, 3.05) is 51.1 Å². The van der Waals surface area contributed by atoms with Crippen molar-refractivity contribution < 1.29 is 33.7 Å². The second kappa shape index (κ2) is 17.5. The van der Waals surface area contributed by atoms with Gasteiger partial charge < -0.3 is 39.8 Å². The first-order chi connectivity index (χ1) is 23.1. The van der Waals surface area contributed by atoms with Gasteiger partial charge in [-0.2, -0.15) is 0 Å². The Bertz CT molecular complexity index is 1500. The van der Waals surface area contributed by atoms with E-state index in [0.29, 0.717) is 35.0 Å². The topological polar surface area (TPSA) is 130 Å². The molecule has 0 aromatic heterocycles. The third kappa shape index (κ3) is 9.95. The van der Waals surface area contributed by atoms with Crippen molar-refractivity contribution >= 4 is 29.2 Å². The van der Waals surface area contributed by atoms with Gasteiger partial charge in [0, 0.05) is 49.6 Å². The lowest BCUT2D eigenvalue weighted by atomic mass is 10.0. The van der Waals surface area contributed by atoms with Crippen molar-refractivity contribution in [1.82, 2.24) is 9.80 Å². The molecule has 4 rings (SSSR count).